The maximum atomic E-state index is 14.5. The van der Waals surface area contributed by atoms with Crippen molar-refractivity contribution in [2.75, 3.05) is 12.3 Å². The minimum atomic E-state index is -1.18. The van der Waals surface area contributed by atoms with E-state index in [-0.39, 0.29) is 11.3 Å². The molecule has 174 valence electrons. The molecular formula is C24H29F2N5OSi. The van der Waals surface area contributed by atoms with Crippen LogP contribution in [0.4, 0.5) is 14.5 Å². The SMILES string of the molecule is Cc1nc(-c2ncn3cc(-c4c(F)ccc(N)c4F)ccc23)n(COCC[Si](C)(C)C)c1C. The number of nitrogen functional groups attached to an aromatic ring is 1. The predicted octanol–water partition coefficient (Wildman–Crippen LogP) is 5.65. The van der Waals surface area contributed by atoms with Gasteiger partial charge in [0.15, 0.2) is 11.6 Å². The molecule has 0 bridgehead atoms. The predicted molar refractivity (Wildman–Crippen MR) is 130 cm³/mol. The van der Waals surface area contributed by atoms with Crippen molar-refractivity contribution in [1.29, 1.82) is 0 Å². The maximum Gasteiger partial charge on any atom is 0.163 e. The number of halogens is 2. The molecule has 4 rings (SSSR count). The van der Waals surface area contributed by atoms with Crippen LogP contribution in [-0.2, 0) is 11.5 Å². The second-order valence-corrected chi connectivity index (χ2v) is 15.1. The van der Waals surface area contributed by atoms with E-state index >= 15 is 0 Å². The van der Waals surface area contributed by atoms with Gasteiger partial charge in [-0.2, -0.15) is 0 Å². The van der Waals surface area contributed by atoms with E-state index in [1.807, 2.05) is 18.4 Å². The number of rotatable bonds is 7. The van der Waals surface area contributed by atoms with Gasteiger partial charge in [0.25, 0.3) is 0 Å². The number of imidazole rings is 2. The van der Waals surface area contributed by atoms with Crippen molar-refractivity contribution in [3.05, 3.63) is 59.8 Å². The lowest BCUT2D eigenvalue weighted by Crippen LogP contribution is -2.22. The first-order valence-electron chi connectivity index (χ1n) is 10.9. The van der Waals surface area contributed by atoms with Crippen LogP contribution in [0.5, 0.6) is 0 Å². The molecule has 2 N–H and O–H groups in total. The Morgan fingerprint density at radius 2 is 1.85 bits per heavy atom. The average molecular weight is 470 g/mol. The third-order valence-electron chi connectivity index (χ3n) is 5.83. The van der Waals surface area contributed by atoms with Crippen LogP contribution < -0.4 is 5.73 Å². The Balaban J connectivity index is 1.69. The lowest BCUT2D eigenvalue weighted by Gasteiger charge is -2.16. The summed E-state index contributed by atoms with van der Waals surface area (Å²) in [6, 6.07) is 6.93. The van der Waals surface area contributed by atoms with E-state index in [2.05, 4.69) is 24.6 Å². The molecule has 4 aromatic rings. The number of benzene rings is 1. The molecule has 0 saturated heterocycles. The molecule has 0 fully saturated rings. The van der Waals surface area contributed by atoms with Crippen LogP contribution in [0.1, 0.15) is 11.4 Å². The summed E-state index contributed by atoms with van der Waals surface area (Å²) in [5.41, 5.74) is 9.14. The van der Waals surface area contributed by atoms with E-state index in [0.29, 0.717) is 30.4 Å². The Labute approximate surface area is 193 Å². The lowest BCUT2D eigenvalue weighted by atomic mass is 10.0. The molecular weight excluding hydrogens is 440 g/mol. The lowest BCUT2D eigenvalue weighted by molar-refractivity contribution is 0.0869. The van der Waals surface area contributed by atoms with Crippen LogP contribution in [0.25, 0.3) is 28.2 Å². The summed E-state index contributed by atoms with van der Waals surface area (Å²) in [5, 5.41) is 0. The van der Waals surface area contributed by atoms with E-state index in [9.17, 15) is 8.78 Å². The molecule has 0 spiro atoms. The fraction of sp³-hybridized carbons (Fsp3) is 0.333. The zero-order valence-corrected chi connectivity index (χ0v) is 20.6. The fourth-order valence-corrected chi connectivity index (χ4v) is 4.44. The Morgan fingerprint density at radius 1 is 1.09 bits per heavy atom. The summed E-state index contributed by atoms with van der Waals surface area (Å²) in [5.74, 6) is -0.736. The quantitative estimate of drug-likeness (QED) is 0.216. The highest BCUT2D eigenvalue weighted by Crippen LogP contribution is 2.32. The molecule has 0 saturated carbocycles. The van der Waals surface area contributed by atoms with Crippen molar-refractivity contribution in [1.82, 2.24) is 18.9 Å². The number of aromatic nitrogens is 4. The van der Waals surface area contributed by atoms with Crippen molar-refractivity contribution >= 4 is 19.3 Å². The zero-order valence-electron chi connectivity index (χ0n) is 19.6. The minimum Gasteiger partial charge on any atom is -0.396 e. The first-order valence-corrected chi connectivity index (χ1v) is 14.6. The number of nitrogens with two attached hydrogens (primary N) is 1. The molecule has 3 heterocycles. The van der Waals surface area contributed by atoms with Gasteiger partial charge in [-0.15, -0.1) is 0 Å². The van der Waals surface area contributed by atoms with Crippen molar-refractivity contribution in [2.45, 2.75) is 46.3 Å². The van der Waals surface area contributed by atoms with Gasteiger partial charge in [0, 0.05) is 32.1 Å². The highest BCUT2D eigenvalue weighted by molar-refractivity contribution is 6.76. The van der Waals surface area contributed by atoms with Gasteiger partial charge in [0.05, 0.1) is 22.5 Å². The topological polar surface area (TPSA) is 70.4 Å². The fourth-order valence-electron chi connectivity index (χ4n) is 3.68. The minimum absolute atomic E-state index is 0.0973. The van der Waals surface area contributed by atoms with Crippen molar-refractivity contribution in [2.24, 2.45) is 0 Å². The molecule has 1 aromatic carbocycles. The standard InChI is InChI=1S/C24H29F2N5OSi/c1-15-16(2)31(14-32-10-11-33(3,4)5)24(29-15)23-20-9-6-17(12-30(20)13-28-23)21-18(25)7-8-19(27)22(21)26/h6-9,12-13H,10-11,14,27H2,1-5H3. The van der Waals surface area contributed by atoms with Gasteiger partial charge >= 0.3 is 0 Å². The Morgan fingerprint density at radius 3 is 2.58 bits per heavy atom. The van der Waals surface area contributed by atoms with Crippen molar-refractivity contribution < 1.29 is 13.5 Å². The number of ether oxygens (including phenoxy) is 1. The van der Waals surface area contributed by atoms with Gasteiger partial charge in [-0.25, -0.2) is 18.7 Å². The van der Waals surface area contributed by atoms with Crippen LogP contribution in [0, 0.1) is 25.5 Å². The van der Waals surface area contributed by atoms with Gasteiger partial charge in [-0.05, 0) is 38.1 Å². The molecule has 0 aliphatic carbocycles. The van der Waals surface area contributed by atoms with E-state index < -0.39 is 19.7 Å². The monoisotopic (exact) mass is 469 g/mol. The number of aryl methyl sites for hydroxylation is 1. The van der Waals surface area contributed by atoms with Gasteiger partial charge < -0.3 is 19.4 Å². The average Bonchev–Trinajstić information content (AvgIpc) is 3.28. The van der Waals surface area contributed by atoms with E-state index in [0.717, 1.165) is 22.9 Å². The van der Waals surface area contributed by atoms with Crippen LogP contribution >= 0.6 is 0 Å². The van der Waals surface area contributed by atoms with E-state index in [1.54, 1.807) is 29.1 Å². The molecule has 33 heavy (non-hydrogen) atoms. The normalized spacial score (nSPS) is 12.1. The van der Waals surface area contributed by atoms with Crippen molar-refractivity contribution in [3.63, 3.8) is 0 Å². The van der Waals surface area contributed by atoms with Gasteiger partial charge in [0.2, 0.25) is 0 Å². The molecule has 0 aliphatic rings. The molecule has 0 aliphatic heterocycles. The van der Waals surface area contributed by atoms with Gasteiger partial charge in [-0.3, -0.25) is 0 Å². The zero-order chi connectivity index (χ0) is 23.9. The summed E-state index contributed by atoms with van der Waals surface area (Å²) in [6.45, 7) is 12.0. The molecule has 0 unspecified atom stereocenters. The molecule has 0 atom stereocenters. The number of hydrogen-bond acceptors (Lipinski definition) is 4. The number of nitrogens with zero attached hydrogens (tertiary/aromatic N) is 4. The molecule has 6 nitrogen and oxygen atoms in total. The van der Waals surface area contributed by atoms with Crippen LogP contribution in [0.15, 0.2) is 36.8 Å². The summed E-state index contributed by atoms with van der Waals surface area (Å²) in [7, 11) is -1.18. The highest BCUT2D eigenvalue weighted by atomic mass is 28.3. The van der Waals surface area contributed by atoms with E-state index in [1.165, 1.54) is 12.1 Å². The number of anilines is 1. The Hall–Kier alpha value is -3.04. The molecule has 0 amide bonds. The maximum absolute atomic E-state index is 14.5. The second kappa shape index (κ2) is 8.72. The third-order valence-corrected chi connectivity index (χ3v) is 7.53. The number of hydrogen-bond donors (Lipinski definition) is 1. The van der Waals surface area contributed by atoms with Crippen molar-refractivity contribution in [3.8, 4) is 22.6 Å². The molecule has 0 radical (unpaired) electrons. The van der Waals surface area contributed by atoms with Crippen LogP contribution in [0.3, 0.4) is 0 Å². The third kappa shape index (κ3) is 4.56. The van der Waals surface area contributed by atoms with E-state index in [4.69, 9.17) is 15.5 Å². The first kappa shape index (κ1) is 23.1. The molecule has 9 heteroatoms. The Kier molecular flexibility index (Phi) is 6.11. The second-order valence-electron chi connectivity index (χ2n) is 9.51. The smallest absolute Gasteiger partial charge is 0.163 e. The first-order chi connectivity index (χ1) is 15.6. The summed E-state index contributed by atoms with van der Waals surface area (Å²) < 4.78 is 38.6. The van der Waals surface area contributed by atoms with Gasteiger partial charge in [-0.1, -0.05) is 25.7 Å². The highest BCUT2D eigenvalue weighted by Gasteiger charge is 2.20. The number of fused-ring (bicyclic) bond motifs is 1. The summed E-state index contributed by atoms with van der Waals surface area (Å²) >= 11 is 0. The Bertz CT molecular complexity index is 1320. The molecule has 3 aromatic heterocycles. The summed E-state index contributed by atoms with van der Waals surface area (Å²) in [6.07, 6.45) is 3.26. The summed E-state index contributed by atoms with van der Waals surface area (Å²) in [4.78, 5) is 9.29. The largest absolute Gasteiger partial charge is 0.396 e. The van der Waals surface area contributed by atoms with Crippen LogP contribution in [-0.4, -0.2) is 33.6 Å². The van der Waals surface area contributed by atoms with Crippen LogP contribution in [0.2, 0.25) is 25.7 Å². The number of pyridine rings is 1. The van der Waals surface area contributed by atoms with Gasteiger partial charge in [0.1, 0.15) is 24.6 Å².